The zero-order valence-corrected chi connectivity index (χ0v) is 18.6. The van der Waals surface area contributed by atoms with Crippen LogP contribution in [0.15, 0.2) is 65.6 Å². The highest BCUT2D eigenvalue weighted by molar-refractivity contribution is 5.91. The molecule has 174 valence electrons. The maximum atomic E-state index is 14.0. The molecule has 8 nitrogen and oxygen atoms in total. The lowest BCUT2D eigenvalue weighted by Gasteiger charge is -2.11. The lowest BCUT2D eigenvalue weighted by Crippen LogP contribution is -2.19. The number of nitrogens with zero attached hydrogens (tertiary/aromatic N) is 2. The normalized spacial score (nSPS) is 11.1. The zero-order chi connectivity index (χ0) is 24.2. The quantitative estimate of drug-likeness (QED) is 0.367. The van der Waals surface area contributed by atoms with Gasteiger partial charge in [-0.05, 0) is 62.6 Å². The number of H-pyrrole nitrogens is 2. The Morgan fingerprint density at radius 2 is 1.79 bits per heavy atom. The summed E-state index contributed by atoms with van der Waals surface area (Å²) < 4.78 is 19.7. The molecule has 0 amide bonds. The largest absolute Gasteiger partial charge is 0.492 e. The molecule has 4 aromatic rings. The van der Waals surface area contributed by atoms with Gasteiger partial charge in [-0.25, -0.2) is 14.2 Å². The van der Waals surface area contributed by atoms with Crippen molar-refractivity contribution in [2.24, 2.45) is 0 Å². The molecule has 2 aromatic heterocycles. The van der Waals surface area contributed by atoms with Crippen LogP contribution in [0.5, 0.6) is 5.75 Å². The predicted octanol–water partition coefficient (Wildman–Crippen LogP) is 3.88. The summed E-state index contributed by atoms with van der Waals surface area (Å²) in [6.45, 7) is 1.35. The first kappa shape index (κ1) is 22.9. The lowest BCUT2D eigenvalue weighted by molar-refractivity contribution is 0.0692. The van der Waals surface area contributed by atoms with Gasteiger partial charge in [0.05, 0.1) is 17.0 Å². The number of nitrogens with one attached hydrogen (secondary N) is 2. The average molecular weight is 462 g/mol. The summed E-state index contributed by atoms with van der Waals surface area (Å²) in [5.74, 6) is -0.990. The van der Waals surface area contributed by atoms with Gasteiger partial charge in [0.15, 0.2) is 0 Å². The van der Waals surface area contributed by atoms with Crippen LogP contribution in [0.3, 0.4) is 0 Å². The van der Waals surface area contributed by atoms with Crippen LogP contribution < -0.4 is 10.3 Å². The van der Waals surface area contributed by atoms with Gasteiger partial charge in [0.2, 0.25) is 5.56 Å². The van der Waals surface area contributed by atoms with Crippen molar-refractivity contribution in [1.29, 1.82) is 0 Å². The van der Waals surface area contributed by atoms with Gasteiger partial charge < -0.3 is 24.7 Å². The number of carboxylic acids is 1. The number of halogens is 1. The van der Waals surface area contributed by atoms with Crippen LogP contribution in [-0.2, 0) is 0 Å². The lowest BCUT2D eigenvalue weighted by atomic mass is 10.0. The molecule has 2 heterocycles. The summed E-state index contributed by atoms with van der Waals surface area (Å²) in [5.41, 5.74) is 1.87. The number of likely N-dealkylation sites (N-methyl/N-ethyl adjacent to an activating group) is 1. The molecule has 0 aliphatic carbocycles. The smallest absolute Gasteiger partial charge is 0.338 e. The molecule has 0 saturated carbocycles. The third-order valence-corrected chi connectivity index (χ3v) is 5.17. The minimum absolute atomic E-state index is 0.302. The van der Waals surface area contributed by atoms with Crippen LogP contribution in [0.1, 0.15) is 10.4 Å². The van der Waals surface area contributed by atoms with E-state index in [0.717, 1.165) is 23.9 Å². The number of pyridine rings is 1. The molecular formula is C25H23FN4O4. The maximum absolute atomic E-state index is 14.0. The van der Waals surface area contributed by atoms with E-state index in [1.165, 1.54) is 24.4 Å². The highest BCUT2D eigenvalue weighted by Crippen LogP contribution is 2.33. The van der Waals surface area contributed by atoms with Gasteiger partial charge >= 0.3 is 5.97 Å². The van der Waals surface area contributed by atoms with Crippen molar-refractivity contribution in [1.82, 2.24) is 19.9 Å². The molecule has 34 heavy (non-hydrogen) atoms. The first-order valence-corrected chi connectivity index (χ1v) is 10.5. The monoisotopic (exact) mass is 462 g/mol. The van der Waals surface area contributed by atoms with Crippen LogP contribution in [0.4, 0.5) is 4.39 Å². The number of hydrogen-bond donors (Lipinski definition) is 3. The number of imidazole rings is 1. The molecule has 0 radical (unpaired) electrons. The number of hydrogen-bond acceptors (Lipinski definition) is 5. The molecule has 0 bridgehead atoms. The minimum Gasteiger partial charge on any atom is -0.492 e. The fourth-order valence-corrected chi connectivity index (χ4v) is 3.42. The fourth-order valence-electron chi connectivity index (χ4n) is 3.42. The third-order valence-electron chi connectivity index (χ3n) is 5.17. The van der Waals surface area contributed by atoms with Crippen molar-refractivity contribution in [3.63, 3.8) is 0 Å². The summed E-state index contributed by atoms with van der Waals surface area (Å²) in [4.78, 5) is 35.8. The van der Waals surface area contributed by atoms with E-state index < -0.39 is 17.3 Å². The number of rotatable bonds is 8. The molecular weight excluding hydrogens is 439 g/mol. The van der Waals surface area contributed by atoms with Gasteiger partial charge in [0.1, 0.15) is 24.0 Å². The van der Waals surface area contributed by atoms with E-state index in [0.29, 0.717) is 34.9 Å². The van der Waals surface area contributed by atoms with Crippen molar-refractivity contribution in [2.45, 2.75) is 0 Å². The van der Waals surface area contributed by atoms with Gasteiger partial charge in [-0.1, -0.05) is 0 Å². The predicted molar refractivity (Wildman–Crippen MR) is 126 cm³/mol. The Bertz CT molecular complexity index is 1380. The van der Waals surface area contributed by atoms with Crippen molar-refractivity contribution < 1.29 is 19.0 Å². The van der Waals surface area contributed by atoms with Crippen molar-refractivity contribution in [2.75, 3.05) is 27.2 Å². The van der Waals surface area contributed by atoms with Crippen LogP contribution in [0.2, 0.25) is 0 Å². The summed E-state index contributed by atoms with van der Waals surface area (Å²) in [5, 5.41) is 9.33. The molecule has 2 aromatic carbocycles. The number of aromatic amines is 2. The van der Waals surface area contributed by atoms with Crippen LogP contribution in [-0.4, -0.2) is 58.2 Å². The van der Waals surface area contributed by atoms with E-state index in [1.807, 2.05) is 43.3 Å². The van der Waals surface area contributed by atoms with E-state index in [2.05, 4.69) is 15.0 Å². The summed E-state index contributed by atoms with van der Waals surface area (Å²) in [7, 11) is 3.94. The first-order valence-electron chi connectivity index (χ1n) is 10.5. The Morgan fingerprint density at radius 3 is 2.47 bits per heavy atom. The van der Waals surface area contributed by atoms with E-state index in [1.54, 1.807) is 6.07 Å². The highest BCUT2D eigenvalue weighted by atomic mass is 19.1. The number of carbonyl (C=O) groups is 1. The molecule has 0 atom stereocenters. The second-order valence-electron chi connectivity index (χ2n) is 7.93. The Hall–Kier alpha value is -4.24. The van der Waals surface area contributed by atoms with Gasteiger partial charge in [-0.2, -0.15) is 0 Å². The van der Waals surface area contributed by atoms with Crippen molar-refractivity contribution in [3.8, 4) is 39.7 Å². The van der Waals surface area contributed by atoms with Crippen molar-refractivity contribution >= 4 is 5.97 Å². The van der Waals surface area contributed by atoms with Gasteiger partial charge in [0, 0.05) is 35.5 Å². The first-order chi connectivity index (χ1) is 16.3. The average Bonchev–Trinajstić information content (AvgIpc) is 3.25. The Labute approximate surface area is 194 Å². The van der Waals surface area contributed by atoms with Gasteiger partial charge in [0.25, 0.3) is 0 Å². The molecule has 0 spiro atoms. The summed E-state index contributed by atoms with van der Waals surface area (Å²) >= 11 is 0. The second-order valence-corrected chi connectivity index (χ2v) is 7.93. The third kappa shape index (κ3) is 5.05. The van der Waals surface area contributed by atoms with E-state index in [4.69, 9.17) is 4.74 Å². The SMILES string of the molecule is CN(C)CCOc1ccc(-c2nc(-c3ccc(F)c(C(=O)O)c3)c(-c3cc[nH]c(=O)c3)[nH]2)cc1. The van der Waals surface area contributed by atoms with E-state index >= 15 is 0 Å². The number of carboxylic acid groups (broad SMARTS) is 1. The number of benzene rings is 2. The maximum Gasteiger partial charge on any atom is 0.338 e. The number of ether oxygens (including phenoxy) is 1. The highest BCUT2D eigenvalue weighted by Gasteiger charge is 2.19. The fraction of sp³-hybridized carbons (Fsp3) is 0.160. The Kier molecular flexibility index (Phi) is 6.55. The number of aromatic nitrogens is 3. The Morgan fingerprint density at radius 1 is 1.06 bits per heavy atom. The summed E-state index contributed by atoms with van der Waals surface area (Å²) in [6, 6.07) is 14.3. The molecule has 0 aliphatic rings. The Balaban J connectivity index is 1.75. The van der Waals surface area contributed by atoms with Gasteiger partial charge in [-0.15, -0.1) is 0 Å². The second kappa shape index (κ2) is 9.72. The molecule has 4 rings (SSSR count). The van der Waals surface area contributed by atoms with E-state index in [9.17, 15) is 19.1 Å². The molecule has 0 aliphatic heterocycles. The van der Waals surface area contributed by atoms with Gasteiger partial charge in [-0.3, -0.25) is 4.79 Å². The van der Waals surface area contributed by atoms with Crippen LogP contribution >= 0.6 is 0 Å². The van der Waals surface area contributed by atoms with E-state index in [-0.39, 0.29) is 5.56 Å². The molecule has 0 unspecified atom stereocenters. The zero-order valence-electron chi connectivity index (χ0n) is 18.6. The molecule has 9 heteroatoms. The van der Waals surface area contributed by atoms with Crippen LogP contribution in [0.25, 0.3) is 33.9 Å². The molecule has 0 saturated heterocycles. The molecule has 3 N–H and O–H groups in total. The van der Waals surface area contributed by atoms with Crippen LogP contribution in [0, 0.1) is 5.82 Å². The topological polar surface area (TPSA) is 111 Å². The minimum atomic E-state index is -1.38. The van der Waals surface area contributed by atoms with Crippen molar-refractivity contribution in [3.05, 3.63) is 82.5 Å². The standard InChI is InChI=1S/C25H23FN4O4/c1-30(2)11-12-34-18-6-3-15(4-7-18)24-28-22(16-5-8-20(26)19(13-16)25(32)33)23(29-24)17-9-10-27-21(31)14-17/h3-10,13-14H,11-12H2,1-2H3,(H,27,31)(H,28,29)(H,32,33). The summed E-state index contributed by atoms with van der Waals surface area (Å²) in [6.07, 6.45) is 1.51. The molecule has 0 fully saturated rings. The number of aromatic carboxylic acids is 1.